The largest absolute Gasteiger partial charge is 0.491 e. The van der Waals surface area contributed by atoms with E-state index < -0.39 is 0 Å². The number of benzene rings is 2. The van der Waals surface area contributed by atoms with E-state index in [0.717, 1.165) is 23.5 Å². The molecule has 0 saturated carbocycles. The predicted octanol–water partition coefficient (Wildman–Crippen LogP) is 1.93. The Balaban J connectivity index is 1.57. The zero-order valence-corrected chi connectivity index (χ0v) is 15.4. The van der Waals surface area contributed by atoms with Crippen molar-refractivity contribution < 1.29 is 14.3 Å². The number of nitrogens with one attached hydrogen (secondary N) is 2. The first kappa shape index (κ1) is 17.8. The zero-order chi connectivity index (χ0) is 18.6. The molecule has 6 heteroatoms. The first-order chi connectivity index (χ1) is 13.3. The average Bonchev–Trinajstić information content (AvgIpc) is 3.10. The van der Waals surface area contributed by atoms with Crippen molar-refractivity contribution in [1.29, 1.82) is 0 Å². The number of anilines is 1. The van der Waals surface area contributed by atoms with Crippen LogP contribution < -0.4 is 20.3 Å². The Labute approximate surface area is 159 Å². The van der Waals surface area contributed by atoms with Gasteiger partial charge < -0.3 is 19.7 Å². The summed E-state index contributed by atoms with van der Waals surface area (Å²) in [5.74, 6) is 0.925. The molecule has 2 fully saturated rings. The number of amides is 1. The van der Waals surface area contributed by atoms with E-state index in [1.165, 1.54) is 0 Å². The highest BCUT2D eigenvalue weighted by Crippen LogP contribution is 2.40. The number of ether oxygens (including phenoxy) is 2. The molecule has 2 saturated heterocycles. The summed E-state index contributed by atoms with van der Waals surface area (Å²) in [5.41, 5.74) is 2.29. The van der Waals surface area contributed by atoms with Crippen molar-refractivity contribution >= 4 is 11.6 Å². The Hall–Kier alpha value is -2.57. The molecule has 2 aliphatic rings. The third-order valence-corrected chi connectivity index (χ3v) is 5.33. The quantitative estimate of drug-likeness (QED) is 0.764. The van der Waals surface area contributed by atoms with Crippen molar-refractivity contribution in [2.24, 2.45) is 5.92 Å². The van der Waals surface area contributed by atoms with Crippen LogP contribution >= 0.6 is 0 Å². The third kappa shape index (κ3) is 3.63. The first-order valence-electron chi connectivity index (χ1n) is 9.32. The van der Waals surface area contributed by atoms with Gasteiger partial charge in [-0.2, -0.15) is 0 Å². The van der Waals surface area contributed by atoms with Gasteiger partial charge in [-0.1, -0.05) is 30.3 Å². The van der Waals surface area contributed by atoms with Crippen LogP contribution in [0.15, 0.2) is 54.6 Å². The van der Waals surface area contributed by atoms with Gasteiger partial charge in [0.2, 0.25) is 5.91 Å². The molecule has 2 N–H and O–H groups in total. The van der Waals surface area contributed by atoms with E-state index in [4.69, 9.17) is 9.47 Å². The van der Waals surface area contributed by atoms with Crippen LogP contribution in [0.25, 0.3) is 0 Å². The highest BCUT2D eigenvalue weighted by atomic mass is 16.5. The number of rotatable bonds is 6. The lowest BCUT2D eigenvalue weighted by Gasteiger charge is -2.34. The molecule has 0 bridgehead atoms. The van der Waals surface area contributed by atoms with Crippen molar-refractivity contribution in [3.8, 4) is 5.75 Å². The summed E-state index contributed by atoms with van der Waals surface area (Å²) in [6.45, 7) is 2.38. The van der Waals surface area contributed by atoms with Crippen LogP contribution in [0.3, 0.4) is 0 Å². The molecule has 2 aromatic rings. The van der Waals surface area contributed by atoms with Crippen LogP contribution in [0.2, 0.25) is 0 Å². The predicted molar refractivity (Wildman–Crippen MR) is 104 cm³/mol. The summed E-state index contributed by atoms with van der Waals surface area (Å²) in [6.07, 6.45) is 0.00350. The molecule has 6 nitrogen and oxygen atoms in total. The molecular formula is C21H25N3O3. The number of hydrogen-bond acceptors (Lipinski definition) is 5. The van der Waals surface area contributed by atoms with Gasteiger partial charge in [-0.05, 0) is 29.8 Å². The third-order valence-electron chi connectivity index (χ3n) is 5.33. The summed E-state index contributed by atoms with van der Waals surface area (Å²) in [5, 5.41) is 6.42. The summed E-state index contributed by atoms with van der Waals surface area (Å²) >= 11 is 0. The van der Waals surface area contributed by atoms with E-state index in [-0.39, 0.29) is 23.9 Å². The zero-order valence-electron chi connectivity index (χ0n) is 15.4. The normalized spacial score (nSPS) is 24.4. The van der Waals surface area contributed by atoms with E-state index in [9.17, 15) is 4.79 Å². The maximum atomic E-state index is 12.7. The van der Waals surface area contributed by atoms with Gasteiger partial charge in [-0.3, -0.25) is 10.1 Å². The van der Waals surface area contributed by atoms with Gasteiger partial charge in [-0.15, -0.1) is 0 Å². The fraction of sp³-hybridized carbons (Fsp3) is 0.381. The molecule has 2 aliphatic heterocycles. The van der Waals surface area contributed by atoms with Crippen LogP contribution in [0, 0.1) is 5.92 Å². The van der Waals surface area contributed by atoms with Gasteiger partial charge in [0.1, 0.15) is 12.4 Å². The van der Waals surface area contributed by atoms with Gasteiger partial charge >= 0.3 is 0 Å². The molecule has 2 aromatic carbocycles. The Morgan fingerprint density at radius 2 is 1.85 bits per heavy atom. The maximum Gasteiger partial charge on any atom is 0.228 e. The van der Waals surface area contributed by atoms with Crippen LogP contribution in [-0.4, -0.2) is 45.6 Å². The van der Waals surface area contributed by atoms with Crippen LogP contribution in [-0.2, 0) is 9.53 Å². The molecule has 0 aliphatic carbocycles. The Morgan fingerprint density at radius 3 is 2.59 bits per heavy atom. The lowest BCUT2D eigenvalue weighted by molar-refractivity contribution is -0.127. The topological polar surface area (TPSA) is 62.8 Å². The molecule has 27 heavy (non-hydrogen) atoms. The number of hydrogen-bond donors (Lipinski definition) is 2. The monoisotopic (exact) mass is 367 g/mol. The summed E-state index contributed by atoms with van der Waals surface area (Å²) < 4.78 is 10.7. The first-order valence-corrected chi connectivity index (χ1v) is 9.32. The Bertz CT molecular complexity index is 766. The number of nitrogens with zero attached hydrogens (tertiary/aromatic N) is 1. The van der Waals surface area contributed by atoms with Gasteiger partial charge in [0.25, 0.3) is 0 Å². The smallest absolute Gasteiger partial charge is 0.228 e. The molecule has 1 amide bonds. The highest BCUT2D eigenvalue weighted by molar-refractivity contribution is 5.83. The minimum Gasteiger partial charge on any atom is -0.491 e. The van der Waals surface area contributed by atoms with Crippen molar-refractivity contribution in [2.45, 2.75) is 12.1 Å². The fourth-order valence-corrected chi connectivity index (χ4v) is 4.03. The van der Waals surface area contributed by atoms with Crippen LogP contribution in [0.5, 0.6) is 5.75 Å². The molecule has 142 valence electrons. The van der Waals surface area contributed by atoms with E-state index in [2.05, 4.69) is 39.8 Å². The van der Waals surface area contributed by atoms with Crippen LogP contribution in [0.4, 0.5) is 5.69 Å². The number of para-hydroxylation sites is 1. The summed E-state index contributed by atoms with van der Waals surface area (Å²) in [4.78, 5) is 15.0. The molecule has 0 radical (unpaired) electrons. The number of methoxy groups -OCH3 is 1. The average molecular weight is 367 g/mol. The molecular weight excluding hydrogens is 342 g/mol. The lowest BCUT2D eigenvalue weighted by Crippen LogP contribution is -2.58. The SMILES string of the molecule is COCCOc1ccc(C2CN(c3ccccc3)C3NCNC(=O)C23)cc1. The van der Waals surface area contributed by atoms with Gasteiger partial charge in [-0.25, -0.2) is 0 Å². The molecule has 0 spiro atoms. The minimum atomic E-state index is -0.126. The van der Waals surface area contributed by atoms with E-state index in [1.54, 1.807) is 7.11 Å². The van der Waals surface area contributed by atoms with Crippen molar-refractivity contribution in [3.05, 3.63) is 60.2 Å². The van der Waals surface area contributed by atoms with Crippen molar-refractivity contribution in [3.63, 3.8) is 0 Å². The molecule has 4 rings (SSSR count). The van der Waals surface area contributed by atoms with Crippen molar-refractivity contribution in [2.75, 3.05) is 38.4 Å². The number of carbonyl (C=O) groups is 1. The molecule has 3 atom stereocenters. The van der Waals surface area contributed by atoms with Crippen LogP contribution in [0.1, 0.15) is 11.5 Å². The number of carbonyl (C=O) groups excluding carboxylic acids is 1. The molecule has 3 unspecified atom stereocenters. The maximum absolute atomic E-state index is 12.7. The fourth-order valence-electron chi connectivity index (χ4n) is 4.03. The Kier molecular flexibility index (Phi) is 5.27. The minimum absolute atomic E-state index is 0.00350. The van der Waals surface area contributed by atoms with E-state index in [0.29, 0.717) is 19.9 Å². The second kappa shape index (κ2) is 7.98. The summed E-state index contributed by atoms with van der Waals surface area (Å²) in [7, 11) is 1.66. The molecule has 0 aromatic heterocycles. The van der Waals surface area contributed by atoms with Gasteiger partial charge in [0, 0.05) is 25.3 Å². The summed E-state index contributed by atoms with van der Waals surface area (Å²) in [6, 6.07) is 18.4. The standard InChI is InChI=1S/C21H25N3O3/c1-26-11-12-27-17-9-7-15(8-10-17)18-13-24(16-5-3-2-4-6-16)20-19(18)21(25)23-14-22-20/h2-10,18-20,22H,11-14H2,1H3,(H,23,25). The van der Waals surface area contributed by atoms with E-state index in [1.807, 2.05) is 30.3 Å². The second-order valence-electron chi connectivity index (χ2n) is 6.90. The highest BCUT2D eigenvalue weighted by Gasteiger charge is 2.48. The Morgan fingerprint density at radius 1 is 1.07 bits per heavy atom. The van der Waals surface area contributed by atoms with E-state index >= 15 is 0 Å². The van der Waals surface area contributed by atoms with Crippen molar-refractivity contribution in [1.82, 2.24) is 10.6 Å². The van der Waals surface area contributed by atoms with Gasteiger partial charge in [0.15, 0.2) is 0 Å². The molecule has 2 heterocycles. The lowest BCUT2D eigenvalue weighted by atomic mass is 9.86. The second-order valence-corrected chi connectivity index (χ2v) is 6.90. The number of fused-ring (bicyclic) bond motifs is 1. The van der Waals surface area contributed by atoms with Gasteiger partial charge in [0.05, 0.1) is 25.4 Å².